The normalized spacial score (nSPS) is 10.5. The molecular weight excluding hydrogens is 364 g/mol. The fraction of sp³-hybridized carbons (Fsp3) is 0.0400. The Hall–Kier alpha value is -3.92. The van der Waals surface area contributed by atoms with Gasteiger partial charge in [0.25, 0.3) is 0 Å². The Morgan fingerprint density at radius 2 is 1.14 bits per heavy atom. The smallest absolute Gasteiger partial charge is 0.348 e. The van der Waals surface area contributed by atoms with E-state index in [9.17, 15) is 9.59 Å². The minimum Gasteiger partial charge on any atom is -0.425 e. The molecule has 0 saturated heterocycles. The zero-order valence-electron chi connectivity index (χ0n) is 15.8. The van der Waals surface area contributed by atoms with Gasteiger partial charge in [-0.2, -0.15) is 0 Å². The van der Waals surface area contributed by atoms with Gasteiger partial charge in [-0.3, -0.25) is 4.79 Å². The summed E-state index contributed by atoms with van der Waals surface area (Å²) in [6.45, 7) is 1.32. The van der Waals surface area contributed by atoms with Gasteiger partial charge in [0.2, 0.25) is 0 Å². The molecule has 4 rings (SSSR count). The Morgan fingerprint density at radius 3 is 1.62 bits per heavy atom. The largest absolute Gasteiger partial charge is 0.425 e. The molecular formula is C25H18O4. The number of hydrogen-bond donors (Lipinski definition) is 0. The van der Waals surface area contributed by atoms with Gasteiger partial charge in [-0.1, -0.05) is 91.0 Å². The van der Waals surface area contributed by atoms with Crippen LogP contribution in [0.1, 0.15) is 6.92 Å². The van der Waals surface area contributed by atoms with Crippen molar-refractivity contribution in [1.82, 2.24) is 0 Å². The van der Waals surface area contributed by atoms with Crippen molar-refractivity contribution < 1.29 is 13.9 Å². The fourth-order valence-corrected chi connectivity index (χ4v) is 3.27. The number of esters is 1. The van der Waals surface area contributed by atoms with Gasteiger partial charge in [0, 0.05) is 12.5 Å². The van der Waals surface area contributed by atoms with E-state index < -0.39 is 11.6 Å². The first-order valence-corrected chi connectivity index (χ1v) is 9.21. The Balaban J connectivity index is 2.13. The third kappa shape index (κ3) is 3.73. The zero-order chi connectivity index (χ0) is 20.2. The predicted octanol–water partition coefficient (Wildman–Crippen LogP) is 5.57. The van der Waals surface area contributed by atoms with Crippen LogP contribution in [0, 0.1) is 0 Å². The van der Waals surface area contributed by atoms with Crippen LogP contribution in [-0.2, 0) is 4.79 Å². The number of rotatable bonds is 4. The van der Waals surface area contributed by atoms with Gasteiger partial charge in [0.05, 0.1) is 5.56 Å². The SMILES string of the molecule is CC(=O)Oc1c(-c2ccccc2)c(-c2ccccc2)oc(=O)c1-c1ccccc1. The van der Waals surface area contributed by atoms with E-state index >= 15 is 0 Å². The van der Waals surface area contributed by atoms with Crippen LogP contribution in [0.5, 0.6) is 5.75 Å². The molecule has 0 atom stereocenters. The van der Waals surface area contributed by atoms with Crippen LogP contribution in [0.25, 0.3) is 33.6 Å². The van der Waals surface area contributed by atoms with Gasteiger partial charge in [-0.15, -0.1) is 0 Å². The maximum absolute atomic E-state index is 13.0. The van der Waals surface area contributed by atoms with Crippen molar-refractivity contribution in [2.24, 2.45) is 0 Å². The first kappa shape index (κ1) is 18.4. The Kier molecular flexibility index (Phi) is 5.08. The third-order valence-corrected chi connectivity index (χ3v) is 4.49. The standard InChI is InChI=1S/C25H18O4/c1-17(26)28-24-21(18-11-5-2-6-12-18)23(20-15-9-4-10-16-20)29-25(27)22(24)19-13-7-3-8-14-19/h2-16H,1H3. The number of carbonyl (C=O) groups excluding carboxylic acids is 1. The molecule has 0 saturated carbocycles. The van der Waals surface area contributed by atoms with E-state index in [2.05, 4.69) is 0 Å². The van der Waals surface area contributed by atoms with E-state index in [0.717, 1.165) is 11.1 Å². The fourth-order valence-electron chi connectivity index (χ4n) is 3.27. The molecule has 0 spiro atoms. The monoisotopic (exact) mass is 382 g/mol. The second-order valence-electron chi connectivity index (χ2n) is 6.49. The molecule has 0 aliphatic rings. The van der Waals surface area contributed by atoms with E-state index in [0.29, 0.717) is 16.9 Å². The topological polar surface area (TPSA) is 56.5 Å². The molecule has 29 heavy (non-hydrogen) atoms. The molecule has 1 aromatic heterocycles. The number of benzene rings is 3. The Bertz CT molecular complexity index is 1190. The molecule has 0 N–H and O–H groups in total. The van der Waals surface area contributed by atoms with Gasteiger partial charge in [0.15, 0.2) is 5.75 Å². The summed E-state index contributed by atoms with van der Waals surface area (Å²) in [7, 11) is 0. The van der Waals surface area contributed by atoms with Crippen molar-refractivity contribution in [3.8, 4) is 39.3 Å². The second-order valence-corrected chi connectivity index (χ2v) is 6.49. The highest BCUT2D eigenvalue weighted by Crippen LogP contribution is 2.43. The molecule has 0 unspecified atom stereocenters. The molecule has 142 valence electrons. The van der Waals surface area contributed by atoms with Gasteiger partial charge < -0.3 is 9.15 Å². The van der Waals surface area contributed by atoms with E-state index in [1.54, 1.807) is 12.1 Å². The van der Waals surface area contributed by atoms with Crippen molar-refractivity contribution in [3.63, 3.8) is 0 Å². The summed E-state index contributed by atoms with van der Waals surface area (Å²) < 4.78 is 11.4. The van der Waals surface area contributed by atoms with Crippen LogP contribution in [0.4, 0.5) is 0 Å². The average molecular weight is 382 g/mol. The van der Waals surface area contributed by atoms with Crippen LogP contribution in [-0.4, -0.2) is 5.97 Å². The molecule has 1 heterocycles. The average Bonchev–Trinajstić information content (AvgIpc) is 2.75. The maximum Gasteiger partial charge on any atom is 0.348 e. The quantitative estimate of drug-likeness (QED) is 0.433. The minimum atomic E-state index is -0.564. The summed E-state index contributed by atoms with van der Waals surface area (Å²) in [5.41, 5.74) is 2.34. The molecule has 0 radical (unpaired) electrons. The second kappa shape index (κ2) is 7.98. The summed E-state index contributed by atoms with van der Waals surface area (Å²) >= 11 is 0. The van der Waals surface area contributed by atoms with Crippen molar-refractivity contribution in [1.29, 1.82) is 0 Å². The van der Waals surface area contributed by atoms with Crippen molar-refractivity contribution >= 4 is 5.97 Å². The summed E-state index contributed by atoms with van der Waals surface area (Å²) in [6, 6.07) is 27.8. The lowest BCUT2D eigenvalue weighted by molar-refractivity contribution is -0.131. The van der Waals surface area contributed by atoms with Crippen molar-refractivity contribution in [3.05, 3.63) is 101 Å². The van der Waals surface area contributed by atoms with Crippen LogP contribution < -0.4 is 10.4 Å². The van der Waals surface area contributed by atoms with Gasteiger partial charge in [-0.25, -0.2) is 4.79 Å². The highest BCUT2D eigenvalue weighted by Gasteiger charge is 2.25. The molecule has 3 aromatic carbocycles. The molecule has 4 nitrogen and oxygen atoms in total. The first-order valence-electron chi connectivity index (χ1n) is 9.21. The van der Waals surface area contributed by atoms with Crippen LogP contribution in [0.3, 0.4) is 0 Å². The molecule has 0 aliphatic carbocycles. The first-order chi connectivity index (χ1) is 14.1. The molecule has 0 aliphatic heterocycles. The van der Waals surface area contributed by atoms with Crippen LogP contribution >= 0.6 is 0 Å². The maximum atomic E-state index is 13.0. The van der Waals surface area contributed by atoms with Crippen LogP contribution in [0.2, 0.25) is 0 Å². The van der Waals surface area contributed by atoms with E-state index in [-0.39, 0.29) is 11.3 Å². The Labute approximate surface area is 168 Å². The van der Waals surface area contributed by atoms with Gasteiger partial charge >= 0.3 is 11.6 Å². The zero-order valence-corrected chi connectivity index (χ0v) is 15.8. The molecule has 4 aromatic rings. The predicted molar refractivity (Wildman–Crippen MR) is 113 cm³/mol. The molecule has 0 fully saturated rings. The van der Waals surface area contributed by atoms with Gasteiger partial charge in [-0.05, 0) is 11.1 Å². The summed E-state index contributed by atoms with van der Waals surface area (Å²) in [5, 5.41) is 0. The van der Waals surface area contributed by atoms with Gasteiger partial charge in [0.1, 0.15) is 11.3 Å². The number of hydrogen-bond acceptors (Lipinski definition) is 4. The summed E-state index contributed by atoms with van der Waals surface area (Å²) in [6.07, 6.45) is 0. The number of ether oxygens (including phenoxy) is 1. The summed E-state index contributed by atoms with van der Waals surface area (Å²) in [5.74, 6) is 0.0479. The lowest BCUT2D eigenvalue weighted by Crippen LogP contribution is -2.12. The highest BCUT2D eigenvalue weighted by molar-refractivity contribution is 5.91. The summed E-state index contributed by atoms with van der Waals surface area (Å²) in [4.78, 5) is 25.0. The van der Waals surface area contributed by atoms with E-state index in [4.69, 9.17) is 9.15 Å². The lowest BCUT2D eigenvalue weighted by Gasteiger charge is -2.17. The lowest BCUT2D eigenvalue weighted by atomic mass is 9.95. The minimum absolute atomic E-state index is 0.199. The van der Waals surface area contributed by atoms with E-state index in [1.807, 2.05) is 78.9 Å². The third-order valence-electron chi connectivity index (χ3n) is 4.49. The number of carbonyl (C=O) groups is 1. The molecule has 4 heteroatoms. The van der Waals surface area contributed by atoms with Crippen molar-refractivity contribution in [2.75, 3.05) is 0 Å². The Morgan fingerprint density at radius 1 is 0.690 bits per heavy atom. The molecule has 0 bridgehead atoms. The van der Waals surface area contributed by atoms with Crippen molar-refractivity contribution in [2.45, 2.75) is 6.92 Å². The van der Waals surface area contributed by atoms with E-state index in [1.165, 1.54) is 6.92 Å². The van der Waals surface area contributed by atoms with Crippen LogP contribution in [0.15, 0.2) is 100 Å². The molecule has 0 amide bonds. The highest BCUT2D eigenvalue weighted by atomic mass is 16.5.